The summed E-state index contributed by atoms with van der Waals surface area (Å²) in [6, 6.07) is 11.4. The molecule has 1 N–H and O–H groups in total. The van der Waals surface area contributed by atoms with E-state index in [2.05, 4.69) is 15.2 Å². The molecule has 0 saturated carbocycles. The summed E-state index contributed by atoms with van der Waals surface area (Å²) in [6.07, 6.45) is 8.09. The number of hydrogen-bond acceptors (Lipinski definition) is 7. The Balaban J connectivity index is 1.47. The molecule has 1 amide bonds. The van der Waals surface area contributed by atoms with Crippen molar-refractivity contribution < 1.29 is 17.9 Å². The third-order valence-electron chi connectivity index (χ3n) is 6.64. The first-order valence-corrected chi connectivity index (χ1v) is 14.2. The van der Waals surface area contributed by atoms with Crippen LogP contribution >= 0.6 is 0 Å². The lowest BCUT2D eigenvalue weighted by Crippen LogP contribution is -2.33. The molecule has 2 aromatic carbocycles. The van der Waals surface area contributed by atoms with Gasteiger partial charge in [0.15, 0.2) is 9.84 Å². The number of carbonyl (C=O) groups is 1. The summed E-state index contributed by atoms with van der Waals surface area (Å²) in [5.74, 6) is 0.579. The van der Waals surface area contributed by atoms with Crippen LogP contribution in [0.25, 0.3) is 16.8 Å². The molecule has 5 rings (SSSR count). The maximum atomic E-state index is 12.8. The van der Waals surface area contributed by atoms with Crippen molar-refractivity contribution >= 4 is 21.3 Å². The summed E-state index contributed by atoms with van der Waals surface area (Å²) < 4.78 is 33.9. The average Bonchev–Trinajstić information content (AvgIpc) is 3.59. The van der Waals surface area contributed by atoms with E-state index in [0.717, 1.165) is 25.9 Å². The van der Waals surface area contributed by atoms with Crippen LogP contribution in [-0.4, -0.2) is 65.6 Å². The van der Waals surface area contributed by atoms with Gasteiger partial charge in [0.05, 0.1) is 23.1 Å². The van der Waals surface area contributed by atoms with Crippen LogP contribution in [0.15, 0.2) is 70.9 Å². The molecular weight excluding hydrogens is 506 g/mol. The zero-order valence-corrected chi connectivity index (χ0v) is 22.1. The van der Waals surface area contributed by atoms with Gasteiger partial charge in [-0.1, -0.05) is 6.07 Å². The maximum absolute atomic E-state index is 12.8. The molecule has 1 aliphatic rings. The van der Waals surface area contributed by atoms with E-state index < -0.39 is 9.84 Å². The number of imidazole rings is 1. The molecule has 38 heavy (non-hydrogen) atoms. The summed E-state index contributed by atoms with van der Waals surface area (Å²) in [4.78, 5) is 31.9. The fourth-order valence-corrected chi connectivity index (χ4v) is 5.27. The largest absolute Gasteiger partial charge is 0.457 e. The predicted molar refractivity (Wildman–Crippen MR) is 144 cm³/mol. The Morgan fingerprint density at radius 3 is 2.68 bits per heavy atom. The SMILES string of the molecule is Cn1cc(-c2cc(S(C)(=O)=O)ccc2Oc2cccc(C(=O)NCCN3CCCC3)c2)n2cncc2c1=O. The summed E-state index contributed by atoms with van der Waals surface area (Å²) in [5.41, 5.74) is 1.53. The van der Waals surface area contributed by atoms with Crippen molar-refractivity contribution in [1.82, 2.24) is 24.2 Å². The Morgan fingerprint density at radius 1 is 1.13 bits per heavy atom. The van der Waals surface area contributed by atoms with Crippen molar-refractivity contribution in [3.63, 3.8) is 0 Å². The van der Waals surface area contributed by atoms with E-state index in [1.54, 1.807) is 48.0 Å². The average molecular weight is 536 g/mol. The molecule has 11 heteroatoms. The highest BCUT2D eigenvalue weighted by Crippen LogP contribution is 2.35. The monoisotopic (exact) mass is 535 g/mol. The summed E-state index contributed by atoms with van der Waals surface area (Å²) in [6.45, 7) is 3.52. The van der Waals surface area contributed by atoms with Crippen LogP contribution in [0.4, 0.5) is 0 Å². The highest BCUT2D eigenvalue weighted by molar-refractivity contribution is 7.90. The van der Waals surface area contributed by atoms with E-state index in [4.69, 9.17) is 4.74 Å². The Kier molecular flexibility index (Phi) is 7.04. The van der Waals surface area contributed by atoms with Crippen LogP contribution in [0.3, 0.4) is 0 Å². The van der Waals surface area contributed by atoms with Gasteiger partial charge in [-0.3, -0.25) is 14.0 Å². The van der Waals surface area contributed by atoms with Gasteiger partial charge in [0.1, 0.15) is 17.0 Å². The number of aromatic nitrogens is 3. The van der Waals surface area contributed by atoms with Crippen LogP contribution in [-0.2, 0) is 16.9 Å². The number of amides is 1. The molecule has 10 nitrogen and oxygen atoms in total. The quantitative estimate of drug-likeness (QED) is 0.369. The lowest BCUT2D eigenvalue weighted by molar-refractivity contribution is 0.0949. The standard InChI is InChI=1S/C27H29N5O5S/c1-30-17-24(32-18-28-16-23(32)27(30)34)22-15-21(38(2,35)36)8-9-25(22)37-20-7-5-6-19(14-20)26(33)29-10-13-31-11-3-4-12-31/h5-9,14-18H,3-4,10-13H2,1-2H3,(H,29,33). The first-order chi connectivity index (χ1) is 18.2. The zero-order chi connectivity index (χ0) is 26.9. The molecule has 4 aromatic rings. The number of likely N-dealkylation sites (tertiary alicyclic amines) is 1. The fraction of sp³-hybridized carbons (Fsp3) is 0.296. The van der Waals surface area contributed by atoms with E-state index in [-0.39, 0.29) is 16.4 Å². The van der Waals surface area contributed by atoms with Gasteiger partial charge in [-0.25, -0.2) is 13.4 Å². The third kappa shape index (κ3) is 5.34. The van der Waals surface area contributed by atoms with Gasteiger partial charge in [-0.2, -0.15) is 0 Å². The van der Waals surface area contributed by atoms with E-state index in [1.165, 1.54) is 42.1 Å². The Labute approximate surface area is 220 Å². The van der Waals surface area contributed by atoms with Crippen molar-refractivity contribution in [1.29, 1.82) is 0 Å². The predicted octanol–water partition coefficient (Wildman–Crippen LogP) is 2.72. The molecular formula is C27H29N5O5S. The molecule has 0 radical (unpaired) electrons. The topological polar surface area (TPSA) is 115 Å². The molecule has 1 fully saturated rings. The van der Waals surface area contributed by atoms with Crippen molar-refractivity contribution in [3.8, 4) is 22.8 Å². The van der Waals surface area contributed by atoms with Crippen molar-refractivity contribution in [3.05, 3.63) is 77.1 Å². The highest BCUT2D eigenvalue weighted by atomic mass is 32.2. The van der Waals surface area contributed by atoms with Crippen LogP contribution in [0.2, 0.25) is 0 Å². The number of aryl methyl sites for hydroxylation is 1. The molecule has 1 saturated heterocycles. The molecule has 0 atom stereocenters. The number of carbonyl (C=O) groups excluding carboxylic acids is 1. The third-order valence-corrected chi connectivity index (χ3v) is 7.76. The Bertz CT molecular complexity index is 1670. The zero-order valence-electron chi connectivity index (χ0n) is 21.3. The van der Waals surface area contributed by atoms with E-state index in [0.29, 0.717) is 40.4 Å². The van der Waals surface area contributed by atoms with Crippen LogP contribution in [0.5, 0.6) is 11.5 Å². The molecule has 3 heterocycles. The first-order valence-electron chi connectivity index (χ1n) is 12.4. The van der Waals surface area contributed by atoms with Crippen LogP contribution < -0.4 is 15.6 Å². The van der Waals surface area contributed by atoms with Gasteiger partial charge in [0, 0.05) is 43.7 Å². The first kappa shape index (κ1) is 25.7. The van der Waals surface area contributed by atoms with Crippen LogP contribution in [0, 0.1) is 0 Å². The van der Waals surface area contributed by atoms with Gasteiger partial charge in [0.25, 0.3) is 11.5 Å². The lowest BCUT2D eigenvalue weighted by atomic mass is 10.1. The highest BCUT2D eigenvalue weighted by Gasteiger charge is 2.19. The number of nitrogens with one attached hydrogen (secondary N) is 1. The Hall–Kier alpha value is -3.96. The summed E-state index contributed by atoms with van der Waals surface area (Å²) >= 11 is 0. The smallest absolute Gasteiger partial charge is 0.276 e. The molecule has 0 aliphatic carbocycles. The number of ether oxygens (including phenoxy) is 1. The Morgan fingerprint density at radius 2 is 1.92 bits per heavy atom. The molecule has 0 spiro atoms. The second-order valence-electron chi connectivity index (χ2n) is 9.44. The van der Waals surface area contributed by atoms with E-state index in [9.17, 15) is 18.0 Å². The number of sulfone groups is 1. The van der Waals surface area contributed by atoms with Gasteiger partial charge >= 0.3 is 0 Å². The van der Waals surface area contributed by atoms with Gasteiger partial charge in [-0.05, 0) is 62.3 Å². The molecule has 2 aromatic heterocycles. The second kappa shape index (κ2) is 10.4. The number of fused-ring (bicyclic) bond motifs is 1. The van der Waals surface area contributed by atoms with Crippen molar-refractivity contribution in [2.24, 2.45) is 7.05 Å². The van der Waals surface area contributed by atoms with Crippen LogP contribution in [0.1, 0.15) is 23.2 Å². The molecule has 198 valence electrons. The van der Waals surface area contributed by atoms with Gasteiger partial charge in [0.2, 0.25) is 0 Å². The number of rotatable bonds is 8. The van der Waals surface area contributed by atoms with Gasteiger partial charge in [-0.15, -0.1) is 0 Å². The van der Waals surface area contributed by atoms with E-state index >= 15 is 0 Å². The minimum atomic E-state index is -3.52. The lowest BCUT2D eigenvalue weighted by Gasteiger charge is -2.16. The van der Waals surface area contributed by atoms with E-state index in [1.807, 2.05) is 0 Å². The molecule has 0 unspecified atom stereocenters. The molecule has 0 bridgehead atoms. The van der Waals surface area contributed by atoms with Gasteiger partial charge < -0.3 is 19.5 Å². The second-order valence-corrected chi connectivity index (χ2v) is 11.5. The maximum Gasteiger partial charge on any atom is 0.276 e. The minimum Gasteiger partial charge on any atom is -0.457 e. The number of nitrogens with zero attached hydrogens (tertiary/aromatic N) is 4. The number of hydrogen-bond donors (Lipinski definition) is 1. The van der Waals surface area contributed by atoms with Crippen molar-refractivity contribution in [2.75, 3.05) is 32.4 Å². The summed E-state index contributed by atoms with van der Waals surface area (Å²) in [5, 5.41) is 2.96. The number of benzene rings is 2. The normalized spacial score (nSPS) is 14.2. The molecule has 1 aliphatic heterocycles. The summed E-state index contributed by atoms with van der Waals surface area (Å²) in [7, 11) is -1.90. The fourth-order valence-electron chi connectivity index (χ4n) is 4.62. The van der Waals surface area contributed by atoms with Crippen molar-refractivity contribution in [2.45, 2.75) is 17.7 Å². The minimum absolute atomic E-state index is 0.105.